The van der Waals surface area contributed by atoms with Gasteiger partial charge >= 0.3 is 5.97 Å². The van der Waals surface area contributed by atoms with Crippen LogP contribution in [-0.2, 0) is 14.3 Å². The molecule has 21 heavy (non-hydrogen) atoms. The Hall–Kier alpha value is -1.10. The van der Waals surface area contributed by atoms with Crippen molar-refractivity contribution in [3.63, 3.8) is 0 Å². The molecule has 0 aliphatic carbocycles. The van der Waals surface area contributed by atoms with Crippen molar-refractivity contribution in [2.24, 2.45) is 0 Å². The zero-order chi connectivity index (χ0) is 16.7. The molecule has 0 heterocycles. The van der Waals surface area contributed by atoms with Crippen LogP contribution in [0.4, 0.5) is 0 Å². The SMILES string of the molecule is CC(C)NC(=O)CC(C(=O)OC(C)C)N(C(C)C)C(C)C. The van der Waals surface area contributed by atoms with Gasteiger partial charge in [-0.3, -0.25) is 14.5 Å². The molecule has 5 heteroatoms. The fourth-order valence-electron chi connectivity index (χ4n) is 2.49. The molecule has 0 aliphatic rings. The molecule has 0 aromatic carbocycles. The lowest BCUT2D eigenvalue weighted by Crippen LogP contribution is -2.52. The van der Waals surface area contributed by atoms with Crippen LogP contribution in [0.15, 0.2) is 0 Å². The van der Waals surface area contributed by atoms with Gasteiger partial charge in [0.25, 0.3) is 0 Å². The van der Waals surface area contributed by atoms with Crippen molar-refractivity contribution in [3.8, 4) is 0 Å². The first-order valence-electron chi connectivity index (χ1n) is 7.83. The number of amides is 1. The summed E-state index contributed by atoms with van der Waals surface area (Å²) in [4.78, 5) is 26.5. The highest BCUT2D eigenvalue weighted by molar-refractivity contribution is 5.85. The Morgan fingerprint density at radius 2 is 1.43 bits per heavy atom. The van der Waals surface area contributed by atoms with E-state index in [1.165, 1.54) is 0 Å². The van der Waals surface area contributed by atoms with E-state index >= 15 is 0 Å². The molecule has 1 N–H and O–H groups in total. The van der Waals surface area contributed by atoms with Crippen molar-refractivity contribution in [2.75, 3.05) is 0 Å². The van der Waals surface area contributed by atoms with E-state index in [2.05, 4.69) is 5.32 Å². The molecule has 0 rings (SSSR count). The Morgan fingerprint density at radius 1 is 0.952 bits per heavy atom. The third-order valence-corrected chi connectivity index (χ3v) is 3.00. The minimum atomic E-state index is -0.550. The number of esters is 1. The van der Waals surface area contributed by atoms with E-state index < -0.39 is 6.04 Å². The van der Waals surface area contributed by atoms with Crippen LogP contribution in [0, 0.1) is 0 Å². The molecule has 0 fully saturated rings. The van der Waals surface area contributed by atoms with Crippen LogP contribution in [0.1, 0.15) is 61.8 Å². The molecule has 1 amide bonds. The first-order valence-corrected chi connectivity index (χ1v) is 7.83. The van der Waals surface area contributed by atoms with Gasteiger partial charge in [-0.15, -0.1) is 0 Å². The average molecular weight is 300 g/mol. The maximum Gasteiger partial charge on any atom is 0.324 e. The molecule has 0 saturated heterocycles. The molecule has 1 unspecified atom stereocenters. The van der Waals surface area contributed by atoms with Crippen LogP contribution in [0.5, 0.6) is 0 Å². The standard InChI is InChI=1S/C16H32N2O3/c1-10(2)17-15(19)9-14(16(20)21-13(7)8)18(11(3)4)12(5)6/h10-14H,9H2,1-8H3,(H,17,19). The van der Waals surface area contributed by atoms with Crippen LogP contribution in [0.2, 0.25) is 0 Å². The summed E-state index contributed by atoms with van der Waals surface area (Å²) in [5.74, 6) is -0.451. The summed E-state index contributed by atoms with van der Waals surface area (Å²) in [6.45, 7) is 15.5. The molecule has 1 atom stereocenters. The van der Waals surface area contributed by atoms with Gasteiger partial charge in [-0.05, 0) is 55.4 Å². The van der Waals surface area contributed by atoms with Gasteiger partial charge in [0.05, 0.1) is 12.5 Å². The molecule has 124 valence electrons. The molecule has 0 aromatic rings. The smallest absolute Gasteiger partial charge is 0.324 e. The molecule has 0 bridgehead atoms. The van der Waals surface area contributed by atoms with E-state index in [1.54, 1.807) is 0 Å². The zero-order valence-electron chi connectivity index (χ0n) is 14.8. The summed E-state index contributed by atoms with van der Waals surface area (Å²) in [6.07, 6.45) is -0.0607. The normalized spacial score (nSPS) is 13.4. The number of hydrogen-bond donors (Lipinski definition) is 1. The summed E-state index contributed by atoms with van der Waals surface area (Å²) < 4.78 is 5.34. The van der Waals surface area contributed by atoms with Gasteiger partial charge in [-0.25, -0.2) is 0 Å². The molecule has 5 nitrogen and oxygen atoms in total. The largest absolute Gasteiger partial charge is 0.462 e. The quantitative estimate of drug-likeness (QED) is 0.699. The Kier molecular flexibility index (Phi) is 8.55. The van der Waals surface area contributed by atoms with Crippen molar-refractivity contribution in [1.82, 2.24) is 10.2 Å². The molecular formula is C16H32N2O3. The van der Waals surface area contributed by atoms with Gasteiger partial charge in [-0.2, -0.15) is 0 Å². The second-order valence-corrected chi connectivity index (χ2v) is 6.56. The maximum absolute atomic E-state index is 12.4. The van der Waals surface area contributed by atoms with Crippen LogP contribution in [0.25, 0.3) is 0 Å². The minimum Gasteiger partial charge on any atom is -0.462 e. The Morgan fingerprint density at radius 3 is 1.76 bits per heavy atom. The van der Waals surface area contributed by atoms with Crippen LogP contribution in [0.3, 0.4) is 0 Å². The van der Waals surface area contributed by atoms with Gasteiger partial charge in [0, 0.05) is 18.1 Å². The zero-order valence-corrected chi connectivity index (χ0v) is 14.8. The Balaban J connectivity index is 5.16. The Labute approximate surface area is 129 Å². The first-order chi connectivity index (χ1) is 9.56. The number of nitrogens with one attached hydrogen (secondary N) is 1. The monoisotopic (exact) mass is 300 g/mol. The van der Waals surface area contributed by atoms with Crippen molar-refractivity contribution in [1.29, 1.82) is 0 Å². The van der Waals surface area contributed by atoms with Crippen molar-refractivity contribution in [2.45, 2.75) is 92.1 Å². The maximum atomic E-state index is 12.4. The lowest BCUT2D eigenvalue weighted by Gasteiger charge is -2.36. The summed E-state index contributed by atoms with van der Waals surface area (Å²) >= 11 is 0. The summed E-state index contributed by atoms with van der Waals surface area (Å²) in [7, 11) is 0. The molecule has 0 spiro atoms. The minimum absolute atomic E-state index is 0.0609. The van der Waals surface area contributed by atoms with Gasteiger partial charge in [0.2, 0.25) is 5.91 Å². The van der Waals surface area contributed by atoms with Gasteiger partial charge in [0.1, 0.15) is 6.04 Å². The fourth-order valence-corrected chi connectivity index (χ4v) is 2.49. The highest BCUT2D eigenvalue weighted by Crippen LogP contribution is 2.16. The summed E-state index contributed by atoms with van der Waals surface area (Å²) in [6, 6.07) is -0.180. The number of ether oxygens (including phenoxy) is 1. The summed E-state index contributed by atoms with van der Waals surface area (Å²) in [5.41, 5.74) is 0. The van der Waals surface area contributed by atoms with Crippen molar-refractivity contribution >= 4 is 11.9 Å². The number of rotatable bonds is 8. The number of nitrogens with zero attached hydrogens (tertiary/aromatic N) is 1. The first kappa shape index (κ1) is 19.9. The van der Waals surface area contributed by atoms with E-state index in [9.17, 15) is 9.59 Å². The van der Waals surface area contributed by atoms with Crippen molar-refractivity contribution in [3.05, 3.63) is 0 Å². The van der Waals surface area contributed by atoms with E-state index in [4.69, 9.17) is 4.74 Å². The van der Waals surface area contributed by atoms with Gasteiger partial charge < -0.3 is 10.1 Å². The lowest BCUT2D eigenvalue weighted by molar-refractivity contribution is -0.157. The van der Waals surface area contributed by atoms with Crippen LogP contribution >= 0.6 is 0 Å². The topological polar surface area (TPSA) is 58.6 Å². The van der Waals surface area contributed by atoms with E-state index in [1.807, 2.05) is 60.3 Å². The molecule has 0 aliphatic heterocycles. The average Bonchev–Trinajstić information content (AvgIpc) is 2.24. The molecule has 0 aromatic heterocycles. The summed E-state index contributed by atoms with van der Waals surface area (Å²) in [5, 5.41) is 2.84. The predicted octanol–water partition coefficient (Wildman–Crippen LogP) is 2.34. The number of hydrogen-bond acceptors (Lipinski definition) is 4. The third-order valence-electron chi connectivity index (χ3n) is 3.00. The number of carbonyl (C=O) groups is 2. The second-order valence-electron chi connectivity index (χ2n) is 6.56. The number of carbonyl (C=O) groups excluding carboxylic acids is 2. The van der Waals surface area contributed by atoms with Crippen LogP contribution in [-0.4, -0.2) is 47.0 Å². The van der Waals surface area contributed by atoms with Crippen molar-refractivity contribution < 1.29 is 14.3 Å². The van der Waals surface area contributed by atoms with Gasteiger partial charge in [0.15, 0.2) is 0 Å². The van der Waals surface area contributed by atoms with Gasteiger partial charge in [-0.1, -0.05) is 0 Å². The highest BCUT2D eigenvalue weighted by atomic mass is 16.5. The third kappa shape index (κ3) is 7.46. The van der Waals surface area contributed by atoms with E-state index in [0.29, 0.717) is 0 Å². The molecular weight excluding hydrogens is 268 g/mol. The van der Waals surface area contributed by atoms with E-state index in [0.717, 1.165) is 0 Å². The highest BCUT2D eigenvalue weighted by Gasteiger charge is 2.33. The van der Waals surface area contributed by atoms with Crippen LogP contribution < -0.4 is 5.32 Å². The predicted molar refractivity (Wildman–Crippen MR) is 85.0 cm³/mol. The van der Waals surface area contributed by atoms with E-state index in [-0.39, 0.29) is 42.5 Å². The molecule has 0 radical (unpaired) electrons. The second kappa shape index (κ2) is 9.03. The lowest BCUT2D eigenvalue weighted by atomic mass is 10.1. The fraction of sp³-hybridized carbons (Fsp3) is 0.875. The molecule has 0 saturated carbocycles. The Bertz CT molecular complexity index is 330.